The molecular formula is C17H32N4O. The topological polar surface area (TPSA) is 56.7 Å². The van der Waals surface area contributed by atoms with Gasteiger partial charge in [-0.25, -0.2) is 0 Å². The first kappa shape index (κ1) is 17.1. The van der Waals surface area contributed by atoms with Crippen LogP contribution in [0.1, 0.15) is 58.8 Å². The van der Waals surface area contributed by atoms with Crippen LogP contribution >= 0.6 is 0 Å². The van der Waals surface area contributed by atoms with E-state index >= 15 is 0 Å². The van der Waals surface area contributed by atoms with Gasteiger partial charge in [-0.1, -0.05) is 6.92 Å². The summed E-state index contributed by atoms with van der Waals surface area (Å²) in [6.07, 6.45) is 7.86. The summed E-state index contributed by atoms with van der Waals surface area (Å²) in [6, 6.07) is 0.531. The van der Waals surface area contributed by atoms with E-state index in [-0.39, 0.29) is 5.91 Å². The third-order valence-corrected chi connectivity index (χ3v) is 4.76. The lowest BCUT2D eigenvalue weighted by Gasteiger charge is -2.28. The minimum absolute atomic E-state index is 0.253. The van der Waals surface area contributed by atoms with E-state index in [4.69, 9.17) is 0 Å². The van der Waals surface area contributed by atoms with Gasteiger partial charge in [-0.3, -0.25) is 9.79 Å². The van der Waals surface area contributed by atoms with E-state index in [1.807, 2.05) is 4.90 Å². The molecule has 2 fully saturated rings. The first-order valence-corrected chi connectivity index (χ1v) is 9.01. The Kier molecular flexibility index (Phi) is 7.00. The summed E-state index contributed by atoms with van der Waals surface area (Å²) in [6.45, 7) is 7.71. The Balaban J connectivity index is 1.75. The molecule has 0 aromatic rings. The maximum absolute atomic E-state index is 12.0. The number of nitrogens with one attached hydrogen (secondary N) is 2. The molecule has 0 bridgehead atoms. The lowest BCUT2D eigenvalue weighted by atomic mass is 9.87. The van der Waals surface area contributed by atoms with Gasteiger partial charge in [0.05, 0.1) is 6.54 Å². The number of amides is 1. The van der Waals surface area contributed by atoms with Gasteiger partial charge in [-0.2, -0.15) is 0 Å². The maximum Gasteiger partial charge on any atom is 0.224 e. The lowest BCUT2D eigenvalue weighted by Crippen LogP contribution is -2.44. The van der Waals surface area contributed by atoms with Crippen molar-refractivity contribution in [3.05, 3.63) is 0 Å². The molecule has 1 aliphatic heterocycles. The summed E-state index contributed by atoms with van der Waals surface area (Å²) >= 11 is 0. The number of nitrogens with zero attached hydrogens (tertiary/aromatic N) is 2. The molecule has 1 saturated heterocycles. The molecule has 0 aromatic carbocycles. The minimum atomic E-state index is 0.253. The first-order chi connectivity index (χ1) is 10.7. The Hall–Kier alpha value is -1.26. The van der Waals surface area contributed by atoms with Crippen molar-refractivity contribution in [1.82, 2.24) is 15.5 Å². The first-order valence-electron chi connectivity index (χ1n) is 9.01. The second-order valence-electron chi connectivity index (χ2n) is 6.70. The van der Waals surface area contributed by atoms with Crippen LogP contribution in [0.2, 0.25) is 0 Å². The van der Waals surface area contributed by atoms with E-state index in [0.29, 0.717) is 19.0 Å². The molecule has 0 atom stereocenters. The van der Waals surface area contributed by atoms with Crippen LogP contribution in [0.4, 0.5) is 0 Å². The zero-order valence-electron chi connectivity index (χ0n) is 14.2. The number of likely N-dealkylation sites (tertiary alicyclic amines) is 1. The van der Waals surface area contributed by atoms with Crippen molar-refractivity contribution in [1.29, 1.82) is 0 Å². The normalized spacial score (nSPS) is 26.1. The fourth-order valence-electron chi connectivity index (χ4n) is 3.31. The Labute approximate surface area is 134 Å². The van der Waals surface area contributed by atoms with Gasteiger partial charge in [0, 0.05) is 32.1 Å². The van der Waals surface area contributed by atoms with Gasteiger partial charge in [0.25, 0.3) is 0 Å². The fraction of sp³-hybridized carbons (Fsp3) is 0.882. The SMILES string of the molecule is CCNC(=NCCC(=O)N1CCCC1)NC1CCC(C)CC1. The maximum atomic E-state index is 12.0. The average Bonchev–Trinajstić information content (AvgIpc) is 3.04. The van der Waals surface area contributed by atoms with Crippen LogP contribution in [0.15, 0.2) is 4.99 Å². The third-order valence-electron chi connectivity index (χ3n) is 4.76. The number of aliphatic imine (C=N–C) groups is 1. The van der Waals surface area contributed by atoms with Crippen LogP contribution < -0.4 is 10.6 Å². The van der Waals surface area contributed by atoms with E-state index in [2.05, 4.69) is 29.5 Å². The van der Waals surface area contributed by atoms with Crippen LogP contribution in [0.3, 0.4) is 0 Å². The number of rotatable bonds is 5. The van der Waals surface area contributed by atoms with Crippen LogP contribution in [0, 0.1) is 5.92 Å². The summed E-state index contributed by atoms with van der Waals surface area (Å²) in [5.41, 5.74) is 0. The Morgan fingerprint density at radius 3 is 2.50 bits per heavy atom. The molecule has 2 N–H and O–H groups in total. The average molecular weight is 308 g/mol. The van der Waals surface area contributed by atoms with Gasteiger partial charge in [0.2, 0.25) is 5.91 Å². The summed E-state index contributed by atoms with van der Waals surface area (Å²) < 4.78 is 0. The van der Waals surface area contributed by atoms with E-state index in [1.54, 1.807) is 0 Å². The molecule has 2 rings (SSSR count). The van der Waals surface area contributed by atoms with Crippen molar-refractivity contribution in [3.8, 4) is 0 Å². The number of hydrogen-bond donors (Lipinski definition) is 2. The molecule has 1 aliphatic carbocycles. The van der Waals surface area contributed by atoms with E-state index in [9.17, 15) is 4.79 Å². The van der Waals surface area contributed by atoms with Gasteiger partial charge >= 0.3 is 0 Å². The Morgan fingerprint density at radius 1 is 1.18 bits per heavy atom. The predicted molar refractivity (Wildman–Crippen MR) is 91.0 cm³/mol. The van der Waals surface area contributed by atoms with E-state index in [1.165, 1.54) is 25.7 Å². The van der Waals surface area contributed by atoms with Crippen molar-refractivity contribution in [2.45, 2.75) is 64.8 Å². The standard InChI is InChI=1S/C17H32N4O/c1-3-18-17(20-15-8-6-14(2)7-9-15)19-11-10-16(22)21-12-4-5-13-21/h14-15H,3-13H2,1-2H3,(H2,18,19,20). The highest BCUT2D eigenvalue weighted by atomic mass is 16.2. The van der Waals surface area contributed by atoms with Gasteiger partial charge in [0.15, 0.2) is 5.96 Å². The molecule has 22 heavy (non-hydrogen) atoms. The smallest absolute Gasteiger partial charge is 0.224 e. The predicted octanol–water partition coefficient (Wildman–Crippen LogP) is 2.13. The number of carbonyl (C=O) groups is 1. The molecule has 0 aromatic heterocycles. The molecule has 0 spiro atoms. The van der Waals surface area contributed by atoms with E-state index < -0.39 is 0 Å². The van der Waals surface area contributed by atoms with Gasteiger partial charge in [-0.05, 0) is 51.4 Å². The van der Waals surface area contributed by atoms with Crippen LogP contribution in [-0.2, 0) is 4.79 Å². The molecule has 1 saturated carbocycles. The third kappa shape index (κ3) is 5.50. The molecular weight excluding hydrogens is 276 g/mol. The quantitative estimate of drug-likeness (QED) is 0.604. The van der Waals surface area contributed by atoms with Gasteiger partial charge < -0.3 is 15.5 Å². The highest BCUT2D eigenvalue weighted by molar-refractivity contribution is 5.81. The number of guanidine groups is 1. The highest BCUT2D eigenvalue weighted by Crippen LogP contribution is 2.23. The molecule has 5 heteroatoms. The zero-order valence-corrected chi connectivity index (χ0v) is 14.2. The molecule has 1 amide bonds. The number of carbonyl (C=O) groups excluding carboxylic acids is 1. The molecule has 5 nitrogen and oxygen atoms in total. The van der Waals surface area contributed by atoms with Crippen molar-refractivity contribution in [2.24, 2.45) is 10.9 Å². The van der Waals surface area contributed by atoms with Crippen molar-refractivity contribution < 1.29 is 4.79 Å². The molecule has 0 radical (unpaired) electrons. The second-order valence-corrected chi connectivity index (χ2v) is 6.70. The molecule has 1 heterocycles. The van der Waals surface area contributed by atoms with E-state index in [0.717, 1.165) is 44.4 Å². The Bertz CT molecular complexity index is 369. The molecule has 126 valence electrons. The second kappa shape index (κ2) is 9.01. The molecule has 2 aliphatic rings. The van der Waals surface area contributed by atoms with Crippen molar-refractivity contribution in [2.75, 3.05) is 26.2 Å². The van der Waals surface area contributed by atoms with Crippen molar-refractivity contribution in [3.63, 3.8) is 0 Å². The monoisotopic (exact) mass is 308 g/mol. The van der Waals surface area contributed by atoms with Crippen LogP contribution in [0.5, 0.6) is 0 Å². The number of hydrogen-bond acceptors (Lipinski definition) is 2. The lowest BCUT2D eigenvalue weighted by molar-refractivity contribution is -0.129. The highest BCUT2D eigenvalue weighted by Gasteiger charge is 2.19. The summed E-state index contributed by atoms with van der Waals surface area (Å²) in [5.74, 6) is 1.98. The Morgan fingerprint density at radius 2 is 1.86 bits per heavy atom. The largest absolute Gasteiger partial charge is 0.357 e. The zero-order chi connectivity index (χ0) is 15.8. The molecule has 0 unspecified atom stereocenters. The summed E-state index contributed by atoms with van der Waals surface area (Å²) in [5, 5.41) is 6.83. The van der Waals surface area contributed by atoms with Gasteiger partial charge in [-0.15, -0.1) is 0 Å². The minimum Gasteiger partial charge on any atom is -0.357 e. The summed E-state index contributed by atoms with van der Waals surface area (Å²) in [7, 11) is 0. The van der Waals surface area contributed by atoms with Crippen molar-refractivity contribution >= 4 is 11.9 Å². The summed E-state index contributed by atoms with van der Waals surface area (Å²) in [4.78, 5) is 18.6. The van der Waals surface area contributed by atoms with Crippen LogP contribution in [0.25, 0.3) is 0 Å². The fourth-order valence-corrected chi connectivity index (χ4v) is 3.31. The van der Waals surface area contributed by atoms with Gasteiger partial charge in [0.1, 0.15) is 0 Å². The van der Waals surface area contributed by atoms with Crippen LogP contribution in [-0.4, -0.2) is 49.0 Å².